The van der Waals surface area contributed by atoms with Crippen molar-refractivity contribution in [3.8, 4) is 11.5 Å². The van der Waals surface area contributed by atoms with Crippen molar-refractivity contribution in [3.63, 3.8) is 0 Å². The van der Waals surface area contributed by atoms with Crippen LogP contribution in [0, 0.1) is 0 Å². The van der Waals surface area contributed by atoms with Gasteiger partial charge in [0.1, 0.15) is 11.5 Å². The van der Waals surface area contributed by atoms with Gasteiger partial charge in [-0.1, -0.05) is 44.0 Å². The van der Waals surface area contributed by atoms with Crippen LogP contribution in [0.25, 0.3) is 0 Å². The highest BCUT2D eigenvalue weighted by Crippen LogP contribution is 2.39. The van der Waals surface area contributed by atoms with Crippen molar-refractivity contribution in [3.05, 3.63) is 57.5 Å². The largest absolute Gasteiger partial charge is 0.439 e. The summed E-state index contributed by atoms with van der Waals surface area (Å²) in [6, 6.07) is 15.3. The van der Waals surface area contributed by atoms with E-state index in [1.165, 1.54) is 0 Å². The fourth-order valence-electron chi connectivity index (χ4n) is 3.51. The van der Waals surface area contributed by atoms with Crippen LogP contribution < -0.4 is 9.47 Å². The zero-order valence-electron chi connectivity index (χ0n) is 16.1. The zero-order chi connectivity index (χ0) is 20.2. The van der Waals surface area contributed by atoms with Crippen molar-refractivity contribution in [2.24, 2.45) is 0 Å². The Morgan fingerprint density at radius 1 is 0.690 bits per heavy atom. The third kappa shape index (κ3) is 5.52. The maximum atomic E-state index is 6.48. The van der Waals surface area contributed by atoms with Crippen LogP contribution in [0.3, 0.4) is 0 Å². The maximum Gasteiger partial charge on any atom is 0.331 e. The van der Waals surface area contributed by atoms with Crippen LogP contribution in [0.15, 0.2) is 57.5 Å². The van der Waals surface area contributed by atoms with Crippen molar-refractivity contribution < 1.29 is 23.7 Å². The molecule has 2 fully saturated rings. The highest BCUT2D eigenvalue weighted by Gasteiger charge is 2.50. The first kappa shape index (κ1) is 21.1. The first-order valence-corrected chi connectivity index (χ1v) is 11.5. The molecule has 2 aliphatic rings. The van der Waals surface area contributed by atoms with Gasteiger partial charge in [-0.05, 0) is 62.1 Å². The number of halogens is 2. The summed E-state index contributed by atoms with van der Waals surface area (Å²) in [6.45, 7) is 1.11. The van der Waals surface area contributed by atoms with Crippen LogP contribution in [0.5, 0.6) is 11.5 Å². The molecule has 2 aromatic carbocycles. The summed E-state index contributed by atoms with van der Waals surface area (Å²) < 4.78 is 33.0. The average Bonchev–Trinajstić information content (AvgIpc) is 2.69. The van der Waals surface area contributed by atoms with E-state index in [-0.39, 0.29) is 0 Å². The third-order valence-corrected chi connectivity index (χ3v) is 5.83. The van der Waals surface area contributed by atoms with E-state index in [0.717, 1.165) is 34.6 Å². The normalized spacial score (nSPS) is 27.4. The molecule has 0 amide bonds. The highest BCUT2D eigenvalue weighted by atomic mass is 79.9. The van der Waals surface area contributed by atoms with Crippen LogP contribution in [-0.4, -0.2) is 25.2 Å². The molecule has 5 nitrogen and oxygen atoms in total. The Labute approximate surface area is 187 Å². The minimum atomic E-state index is -1.26. The minimum absolute atomic E-state index is 0.557. The fraction of sp³-hybridized carbons (Fsp3) is 0.455. The van der Waals surface area contributed by atoms with Crippen molar-refractivity contribution in [1.29, 1.82) is 0 Å². The number of hydrogen-bond acceptors (Lipinski definition) is 5. The van der Waals surface area contributed by atoms with E-state index in [0.29, 0.717) is 37.6 Å². The first-order valence-electron chi connectivity index (χ1n) is 9.94. The van der Waals surface area contributed by atoms with Gasteiger partial charge in [-0.3, -0.25) is 0 Å². The molecule has 2 aliphatic heterocycles. The van der Waals surface area contributed by atoms with Gasteiger partial charge in [0.05, 0.1) is 13.2 Å². The summed E-state index contributed by atoms with van der Waals surface area (Å²) in [7, 11) is 0. The molecule has 0 radical (unpaired) electrons. The topological polar surface area (TPSA) is 46.2 Å². The monoisotopic (exact) mass is 526 g/mol. The lowest BCUT2D eigenvalue weighted by atomic mass is 10.1. The Hall–Kier alpha value is -1.12. The molecule has 7 heteroatoms. The molecular weight excluding hydrogens is 504 g/mol. The first-order chi connectivity index (χ1) is 14.1. The number of benzene rings is 2. The second-order valence-electron chi connectivity index (χ2n) is 7.20. The molecule has 156 valence electrons. The van der Waals surface area contributed by atoms with Gasteiger partial charge in [0.15, 0.2) is 0 Å². The van der Waals surface area contributed by atoms with Gasteiger partial charge in [0.25, 0.3) is 0 Å². The van der Waals surface area contributed by atoms with Gasteiger partial charge in [0, 0.05) is 21.8 Å². The second-order valence-corrected chi connectivity index (χ2v) is 9.03. The molecule has 0 aromatic heterocycles. The van der Waals surface area contributed by atoms with Crippen molar-refractivity contribution >= 4 is 31.9 Å². The molecule has 29 heavy (non-hydrogen) atoms. The van der Waals surface area contributed by atoms with Gasteiger partial charge in [-0.15, -0.1) is 0 Å². The van der Waals surface area contributed by atoms with E-state index < -0.39 is 11.9 Å². The van der Waals surface area contributed by atoms with E-state index >= 15 is 0 Å². The zero-order valence-corrected chi connectivity index (χ0v) is 19.2. The average molecular weight is 528 g/mol. The quantitative estimate of drug-likeness (QED) is 0.407. The van der Waals surface area contributed by atoms with Crippen LogP contribution in [0.1, 0.15) is 38.5 Å². The molecule has 2 atom stereocenters. The Kier molecular flexibility index (Phi) is 6.81. The molecule has 0 spiro atoms. The van der Waals surface area contributed by atoms with Gasteiger partial charge >= 0.3 is 11.9 Å². The van der Waals surface area contributed by atoms with E-state index in [2.05, 4.69) is 31.9 Å². The van der Waals surface area contributed by atoms with Gasteiger partial charge in [-0.25, -0.2) is 4.74 Å². The Morgan fingerprint density at radius 2 is 1.17 bits per heavy atom. The summed E-state index contributed by atoms with van der Waals surface area (Å²) in [4.78, 5) is 0. The lowest BCUT2D eigenvalue weighted by Gasteiger charge is -2.44. The highest BCUT2D eigenvalue weighted by molar-refractivity contribution is 9.10. The lowest BCUT2D eigenvalue weighted by Crippen LogP contribution is -2.56. The van der Waals surface area contributed by atoms with Gasteiger partial charge in [-0.2, -0.15) is 0 Å². The molecule has 4 rings (SSSR count). The standard InChI is InChI=1S/C22H24Br2O5/c23-17-7-5-9-19(15-17)27-21(11-1-3-13-25-21)29-22(12-2-4-14-26-22)28-20-10-6-8-18(24)16-20/h5-10,15-16H,1-4,11-14H2. The van der Waals surface area contributed by atoms with Crippen LogP contribution in [-0.2, 0) is 14.2 Å². The molecular formula is C22H24Br2O5. The molecule has 2 unspecified atom stereocenters. The Bertz CT molecular complexity index is 749. The maximum absolute atomic E-state index is 6.48. The number of rotatable bonds is 6. The van der Waals surface area contributed by atoms with Crippen LogP contribution in [0.2, 0.25) is 0 Å². The molecule has 0 saturated carbocycles. The van der Waals surface area contributed by atoms with Crippen LogP contribution >= 0.6 is 31.9 Å². The van der Waals surface area contributed by atoms with Gasteiger partial charge < -0.3 is 18.9 Å². The molecule has 0 bridgehead atoms. The number of hydrogen-bond donors (Lipinski definition) is 0. The van der Waals surface area contributed by atoms with Gasteiger partial charge in [0.2, 0.25) is 0 Å². The predicted molar refractivity (Wildman–Crippen MR) is 116 cm³/mol. The van der Waals surface area contributed by atoms with E-state index in [1.54, 1.807) is 0 Å². The predicted octanol–water partition coefficient (Wildman–Crippen LogP) is 6.39. The molecule has 2 aromatic rings. The van der Waals surface area contributed by atoms with Crippen molar-refractivity contribution in [1.82, 2.24) is 0 Å². The SMILES string of the molecule is Brc1cccc(OC2(OC3(Oc4cccc(Br)c4)CCCCO3)CCCCO2)c1. The van der Waals surface area contributed by atoms with Crippen molar-refractivity contribution in [2.45, 2.75) is 50.5 Å². The Morgan fingerprint density at radius 3 is 1.55 bits per heavy atom. The summed E-state index contributed by atoms with van der Waals surface area (Å²) >= 11 is 6.98. The van der Waals surface area contributed by atoms with E-state index in [9.17, 15) is 0 Å². The lowest BCUT2D eigenvalue weighted by molar-refractivity contribution is -0.482. The second kappa shape index (κ2) is 9.35. The molecule has 2 saturated heterocycles. The Balaban J connectivity index is 1.61. The summed E-state index contributed by atoms with van der Waals surface area (Å²) in [6.07, 6.45) is 4.97. The molecule has 0 N–H and O–H groups in total. The van der Waals surface area contributed by atoms with Crippen molar-refractivity contribution in [2.75, 3.05) is 13.2 Å². The van der Waals surface area contributed by atoms with E-state index in [4.69, 9.17) is 23.7 Å². The minimum Gasteiger partial charge on any atom is -0.439 e. The van der Waals surface area contributed by atoms with Crippen LogP contribution in [0.4, 0.5) is 0 Å². The summed E-state index contributed by atoms with van der Waals surface area (Å²) in [5, 5.41) is 0. The number of ether oxygens (including phenoxy) is 5. The molecule has 2 heterocycles. The third-order valence-electron chi connectivity index (χ3n) is 4.85. The summed E-state index contributed by atoms with van der Waals surface area (Å²) in [5.74, 6) is -1.20. The molecule has 0 aliphatic carbocycles. The van der Waals surface area contributed by atoms with E-state index in [1.807, 2.05) is 48.5 Å². The summed E-state index contributed by atoms with van der Waals surface area (Å²) in [5.41, 5.74) is 0. The smallest absolute Gasteiger partial charge is 0.331 e. The fourth-order valence-corrected chi connectivity index (χ4v) is 4.26.